The molecule has 1 N–H and O–H groups in total. The van der Waals surface area contributed by atoms with Crippen molar-refractivity contribution in [3.8, 4) is 5.75 Å². The van der Waals surface area contributed by atoms with Crippen LogP contribution in [-0.4, -0.2) is 30.5 Å². The number of rotatable bonds is 9. The van der Waals surface area contributed by atoms with E-state index in [9.17, 15) is 9.59 Å². The molecule has 0 saturated heterocycles. The maximum atomic E-state index is 13.7. The molecule has 0 radical (unpaired) electrons. The molecule has 5 nitrogen and oxygen atoms in total. The Kier molecular flexibility index (Phi) is 8.88. The highest BCUT2D eigenvalue weighted by Gasteiger charge is 2.29. The van der Waals surface area contributed by atoms with Gasteiger partial charge in [0.2, 0.25) is 0 Å². The Labute approximate surface area is 193 Å². The van der Waals surface area contributed by atoms with Crippen LogP contribution < -0.4 is 10.2 Å². The Morgan fingerprint density at radius 3 is 2.28 bits per heavy atom. The summed E-state index contributed by atoms with van der Waals surface area (Å²) < 4.78 is 5.48. The highest BCUT2D eigenvalue weighted by Crippen LogP contribution is 2.27. The first-order valence-electron chi connectivity index (χ1n) is 11.5. The highest BCUT2D eigenvalue weighted by molar-refractivity contribution is 6.00. The third kappa shape index (κ3) is 6.59. The number of carbonyl (C=O) groups excluding carboxylic acids is 2. The van der Waals surface area contributed by atoms with Crippen molar-refractivity contribution >= 4 is 11.8 Å². The van der Waals surface area contributed by atoms with Crippen LogP contribution >= 0.6 is 0 Å². The smallest absolute Gasteiger partial charge is 0.272 e. The molecule has 0 heterocycles. The van der Waals surface area contributed by atoms with Gasteiger partial charge in [0, 0.05) is 23.2 Å². The minimum Gasteiger partial charge on any atom is -0.496 e. The fourth-order valence-corrected chi connectivity index (χ4v) is 4.08. The van der Waals surface area contributed by atoms with Crippen LogP contribution in [0.2, 0.25) is 0 Å². The van der Waals surface area contributed by atoms with Gasteiger partial charge in [-0.2, -0.15) is 0 Å². The average Bonchev–Trinajstić information content (AvgIpc) is 2.75. The second-order valence-corrected chi connectivity index (χ2v) is 9.32. The van der Waals surface area contributed by atoms with Crippen molar-refractivity contribution in [3.63, 3.8) is 0 Å². The van der Waals surface area contributed by atoms with Crippen molar-refractivity contribution in [1.82, 2.24) is 10.4 Å². The monoisotopic (exact) mass is 438 g/mol. The van der Waals surface area contributed by atoms with Gasteiger partial charge in [0.25, 0.3) is 11.8 Å². The number of nitrogens with zero attached hydrogens (tertiary/aromatic N) is 1. The van der Waals surface area contributed by atoms with E-state index in [4.69, 9.17) is 4.74 Å². The number of amides is 2. The molecule has 2 aromatic rings. The van der Waals surface area contributed by atoms with Crippen LogP contribution in [0, 0.1) is 19.3 Å². The van der Waals surface area contributed by atoms with Gasteiger partial charge in [-0.05, 0) is 56.4 Å². The minimum absolute atomic E-state index is 0.146. The Hall–Kier alpha value is -2.82. The molecule has 0 unspecified atom stereocenters. The Morgan fingerprint density at radius 2 is 1.72 bits per heavy atom. The van der Waals surface area contributed by atoms with E-state index in [1.807, 2.05) is 51.1 Å². The summed E-state index contributed by atoms with van der Waals surface area (Å²) in [6, 6.07) is 11.2. The number of unbranched alkanes of at least 4 members (excludes halogenated alkanes) is 1. The summed E-state index contributed by atoms with van der Waals surface area (Å²) in [5.74, 6) is 0.185. The van der Waals surface area contributed by atoms with Crippen molar-refractivity contribution < 1.29 is 14.3 Å². The van der Waals surface area contributed by atoms with Crippen molar-refractivity contribution in [2.45, 2.75) is 67.2 Å². The summed E-state index contributed by atoms with van der Waals surface area (Å²) in [6.45, 7) is 12.8. The maximum Gasteiger partial charge on any atom is 0.272 e. The van der Waals surface area contributed by atoms with Crippen LogP contribution in [0.1, 0.15) is 84.4 Å². The number of nitrogens with one attached hydrogen (secondary N) is 1. The van der Waals surface area contributed by atoms with Gasteiger partial charge >= 0.3 is 0 Å². The molecule has 0 atom stereocenters. The first-order chi connectivity index (χ1) is 15.1. The fourth-order valence-electron chi connectivity index (χ4n) is 4.08. The van der Waals surface area contributed by atoms with E-state index in [0.29, 0.717) is 29.8 Å². The molecule has 0 aliphatic rings. The van der Waals surface area contributed by atoms with Gasteiger partial charge in [-0.25, -0.2) is 5.01 Å². The lowest BCUT2D eigenvalue weighted by Crippen LogP contribution is -2.50. The van der Waals surface area contributed by atoms with Gasteiger partial charge in [-0.3, -0.25) is 15.0 Å². The fraction of sp³-hybridized carbons (Fsp3) is 0.481. The zero-order valence-corrected chi connectivity index (χ0v) is 20.7. The van der Waals surface area contributed by atoms with Crippen LogP contribution in [0.5, 0.6) is 5.75 Å². The lowest BCUT2D eigenvalue weighted by atomic mass is 9.86. The molecule has 0 aliphatic carbocycles. The van der Waals surface area contributed by atoms with Crippen molar-refractivity contribution in [2.24, 2.45) is 5.41 Å². The van der Waals surface area contributed by atoms with E-state index in [1.54, 1.807) is 13.2 Å². The Bertz CT molecular complexity index is 930. The molecule has 0 aliphatic heterocycles. The molecule has 0 fully saturated rings. The van der Waals surface area contributed by atoms with Gasteiger partial charge in [-0.15, -0.1) is 0 Å². The van der Waals surface area contributed by atoms with Crippen LogP contribution in [0.25, 0.3) is 0 Å². The number of hydrazine groups is 1. The molecule has 5 heteroatoms. The first kappa shape index (κ1) is 25.4. The van der Waals surface area contributed by atoms with Crippen molar-refractivity contribution in [2.75, 3.05) is 13.7 Å². The van der Waals surface area contributed by atoms with Crippen molar-refractivity contribution in [1.29, 1.82) is 0 Å². The quantitative estimate of drug-likeness (QED) is 0.498. The van der Waals surface area contributed by atoms with Crippen LogP contribution in [0.15, 0.2) is 36.4 Å². The summed E-state index contributed by atoms with van der Waals surface area (Å²) >= 11 is 0. The molecule has 0 saturated carbocycles. The number of methoxy groups -OCH3 is 1. The largest absolute Gasteiger partial charge is 0.496 e. The lowest BCUT2D eigenvalue weighted by Gasteiger charge is -2.33. The number of ether oxygens (including phenoxy) is 1. The van der Waals surface area contributed by atoms with E-state index in [-0.39, 0.29) is 17.2 Å². The second kappa shape index (κ2) is 11.2. The summed E-state index contributed by atoms with van der Waals surface area (Å²) in [6.07, 6.45) is 3.77. The first-order valence-corrected chi connectivity index (χ1v) is 11.5. The predicted molar refractivity (Wildman–Crippen MR) is 130 cm³/mol. The normalized spacial score (nSPS) is 11.2. The second-order valence-electron chi connectivity index (χ2n) is 9.32. The molecule has 32 heavy (non-hydrogen) atoms. The molecule has 0 spiro atoms. The van der Waals surface area contributed by atoms with Crippen molar-refractivity contribution in [3.05, 3.63) is 64.2 Å². The third-order valence-electron chi connectivity index (χ3n) is 5.70. The zero-order chi connectivity index (χ0) is 23.9. The number of benzene rings is 2. The van der Waals surface area contributed by atoms with Gasteiger partial charge in [0.05, 0.1) is 7.11 Å². The van der Waals surface area contributed by atoms with Gasteiger partial charge < -0.3 is 4.74 Å². The zero-order valence-electron chi connectivity index (χ0n) is 20.7. The van der Waals surface area contributed by atoms with Gasteiger partial charge in [0.15, 0.2) is 0 Å². The molecule has 174 valence electrons. The van der Waals surface area contributed by atoms with E-state index < -0.39 is 0 Å². The molecule has 2 rings (SSSR count). The predicted octanol–water partition coefficient (Wildman–Crippen LogP) is 5.88. The Morgan fingerprint density at radius 1 is 1.06 bits per heavy atom. The van der Waals surface area contributed by atoms with Crippen LogP contribution in [0.3, 0.4) is 0 Å². The standard InChI is InChI=1S/C27H38N2O3/c1-8-10-14-27(5,6)18-29(28-25(30)21-16-19(3)15-20(4)17-21)26(31)23-12-11-13-24(32-7)22(23)9-2/h11-13,15-17H,8-10,14,18H2,1-7H3,(H,28,30). The molecule has 0 bridgehead atoms. The topological polar surface area (TPSA) is 58.6 Å². The van der Waals surface area contributed by atoms with E-state index in [1.165, 1.54) is 5.01 Å². The highest BCUT2D eigenvalue weighted by atomic mass is 16.5. The summed E-state index contributed by atoms with van der Waals surface area (Å²) in [4.78, 5) is 26.8. The number of aryl methyl sites for hydroxylation is 2. The van der Waals surface area contributed by atoms with Gasteiger partial charge in [-0.1, -0.05) is 63.8 Å². The van der Waals surface area contributed by atoms with E-state index in [2.05, 4.69) is 26.2 Å². The minimum atomic E-state index is -0.280. The summed E-state index contributed by atoms with van der Waals surface area (Å²) in [5.41, 5.74) is 6.74. The summed E-state index contributed by atoms with van der Waals surface area (Å²) in [7, 11) is 1.61. The van der Waals surface area contributed by atoms with E-state index in [0.717, 1.165) is 36.0 Å². The molecular weight excluding hydrogens is 400 g/mol. The SMILES string of the molecule is CCCCC(C)(C)CN(NC(=O)c1cc(C)cc(C)c1)C(=O)c1cccc(OC)c1CC. The van der Waals surface area contributed by atoms with Gasteiger partial charge in [0.1, 0.15) is 5.75 Å². The third-order valence-corrected chi connectivity index (χ3v) is 5.70. The lowest BCUT2D eigenvalue weighted by molar-refractivity contribution is 0.0484. The average molecular weight is 439 g/mol. The summed E-state index contributed by atoms with van der Waals surface area (Å²) in [5, 5.41) is 1.49. The maximum absolute atomic E-state index is 13.7. The van der Waals surface area contributed by atoms with Crippen LogP contribution in [0.4, 0.5) is 0 Å². The molecule has 2 amide bonds. The molecular formula is C27H38N2O3. The molecule has 2 aromatic carbocycles. The number of hydrogen-bond donors (Lipinski definition) is 1. The number of hydrogen-bond acceptors (Lipinski definition) is 3. The van der Waals surface area contributed by atoms with E-state index >= 15 is 0 Å². The Balaban J connectivity index is 2.42. The molecule has 0 aromatic heterocycles. The number of carbonyl (C=O) groups is 2. The van der Waals surface area contributed by atoms with Crippen LogP contribution in [-0.2, 0) is 6.42 Å².